The maximum atomic E-state index is 12.5. The van der Waals surface area contributed by atoms with Crippen LogP contribution in [0.1, 0.15) is 25.5 Å². The van der Waals surface area contributed by atoms with Crippen molar-refractivity contribution >= 4 is 24.0 Å². The summed E-state index contributed by atoms with van der Waals surface area (Å²) in [5, 5.41) is 2.11. The summed E-state index contributed by atoms with van der Waals surface area (Å²) in [6.45, 7) is 2.12. The minimum absolute atomic E-state index is 0.278. The fourth-order valence-electron chi connectivity index (χ4n) is 2.10. The second-order valence-corrected chi connectivity index (χ2v) is 4.84. The Balaban J connectivity index is 3.59. The standard InChI is InChI=1S/C16H19NO8/c1-10(18)24-13(12-8-6-5-7-9-12)16(14(20)22-3,25-11(2)19)17-15(21)23-4/h5-9,13H,1-4H3,(H,17,21). The number of nitrogens with one attached hydrogen (secondary N) is 1. The van der Waals surface area contributed by atoms with Gasteiger partial charge in [-0.15, -0.1) is 0 Å². The quantitative estimate of drug-likeness (QED) is 0.459. The van der Waals surface area contributed by atoms with E-state index in [0.717, 1.165) is 28.1 Å². The number of rotatable bonds is 6. The van der Waals surface area contributed by atoms with Crippen LogP contribution in [0.15, 0.2) is 30.3 Å². The number of hydrogen-bond acceptors (Lipinski definition) is 8. The molecule has 1 aromatic rings. The van der Waals surface area contributed by atoms with Crippen LogP contribution in [0.2, 0.25) is 0 Å². The number of carbonyl (C=O) groups excluding carboxylic acids is 4. The van der Waals surface area contributed by atoms with Crippen LogP contribution in [0.25, 0.3) is 0 Å². The van der Waals surface area contributed by atoms with E-state index in [1.165, 1.54) is 12.1 Å². The van der Waals surface area contributed by atoms with Crippen molar-refractivity contribution in [1.29, 1.82) is 0 Å². The van der Waals surface area contributed by atoms with Crippen molar-refractivity contribution in [3.63, 3.8) is 0 Å². The van der Waals surface area contributed by atoms with Gasteiger partial charge in [-0.1, -0.05) is 30.3 Å². The second-order valence-electron chi connectivity index (χ2n) is 4.84. The van der Waals surface area contributed by atoms with Gasteiger partial charge in [0.15, 0.2) is 6.10 Å². The van der Waals surface area contributed by atoms with Crippen LogP contribution >= 0.6 is 0 Å². The smallest absolute Gasteiger partial charge is 0.410 e. The highest BCUT2D eigenvalue weighted by atomic mass is 16.6. The molecule has 9 heteroatoms. The normalized spacial score (nSPS) is 13.6. The van der Waals surface area contributed by atoms with Gasteiger partial charge in [-0.2, -0.15) is 0 Å². The van der Waals surface area contributed by atoms with Crippen molar-refractivity contribution < 1.29 is 38.1 Å². The summed E-state index contributed by atoms with van der Waals surface area (Å²) in [4.78, 5) is 47.4. The van der Waals surface area contributed by atoms with Gasteiger partial charge in [0.05, 0.1) is 14.2 Å². The Morgan fingerprint density at radius 2 is 1.56 bits per heavy atom. The summed E-state index contributed by atoms with van der Waals surface area (Å²) in [6.07, 6.45) is -2.61. The molecule has 0 spiro atoms. The number of hydrogen-bond donors (Lipinski definition) is 1. The summed E-state index contributed by atoms with van der Waals surface area (Å²) < 4.78 is 19.4. The highest BCUT2D eigenvalue weighted by Crippen LogP contribution is 2.33. The van der Waals surface area contributed by atoms with E-state index in [9.17, 15) is 19.2 Å². The number of alkyl carbamates (subject to hydrolysis) is 1. The lowest BCUT2D eigenvalue weighted by molar-refractivity contribution is -0.206. The molecule has 0 aliphatic carbocycles. The zero-order chi connectivity index (χ0) is 19.0. The van der Waals surface area contributed by atoms with Crippen molar-refractivity contribution in [3.8, 4) is 0 Å². The summed E-state index contributed by atoms with van der Waals surface area (Å²) >= 11 is 0. The number of ether oxygens (including phenoxy) is 4. The maximum Gasteiger partial charge on any atom is 0.410 e. The molecule has 25 heavy (non-hydrogen) atoms. The average molecular weight is 353 g/mol. The van der Waals surface area contributed by atoms with Gasteiger partial charge in [-0.3, -0.25) is 14.9 Å². The molecular weight excluding hydrogens is 334 g/mol. The number of esters is 3. The minimum Gasteiger partial charge on any atom is -0.464 e. The van der Waals surface area contributed by atoms with E-state index in [-0.39, 0.29) is 5.56 Å². The molecule has 0 aromatic heterocycles. The molecule has 0 aliphatic rings. The molecule has 9 nitrogen and oxygen atoms in total. The molecule has 0 radical (unpaired) electrons. The lowest BCUT2D eigenvalue weighted by atomic mass is 9.98. The van der Waals surface area contributed by atoms with Gasteiger partial charge >= 0.3 is 29.7 Å². The average Bonchev–Trinajstić information content (AvgIpc) is 2.58. The van der Waals surface area contributed by atoms with Gasteiger partial charge in [-0.25, -0.2) is 9.59 Å². The molecule has 2 atom stereocenters. The van der Waals surface area contributed by atoms with Crippen molar-refractivity contribution in [1.82, 2.24) is 5.32 Å². The lowest BCUT2D eigenvalue weighted by Crippen LogP contribution is -2.62. The highest BCUT2D eigenvalue weighted by Gasteiger charge is 2.55. The third kappa shape index (κ3) is 4.93. The molecular formula is C16H19NO8. The molecule has 1 N–H and O–H groups in total. The minimum atomic E-state index is -2.47. The van der Waals surface area contributed by atoms with Crippen LogP contribution in [-0.2, 0) is 33.3 Å². The molecule has 1 aromatic carbocycles. The first kappa shape index (κ1) is 19.9. The molecule has 0 saturated heterocycles. The Kier molecular flexibility index (Phi) is 6.92. The molecule has 1 amide bonds. The summed E-state index contributed by atoms with van der Waals surface area (Å²) in [5.41, 5.74) is -2.19. The molecule has 0 aliphatic heterocycles. The van der Waals surface area contributed by atoms with E-state index in [2.05, 4.69) is 14.8 Å². The monoisotopic (exact) mass is 353 g/mol. The van der Waals surface area contributed by atoms with Gasteiger partial charge in [0.1, 0.15) is 0 Å². The van der Waals surface area contributed by atoms with E-state index in [1.54, 1.807) is 18.2 Å². The summed E-state index contributed by atoms with van der Waals surface area (Å²) in [6, 6.07) is 7.95. The van der Waals surface area contributed by atoms with E-state index in [0.29, 0.717) is 0 Å². The molecule has 0 saturated carbocycles. The maximum absolute atomic E-state index is 12.5. The van der Waals surface area contributed by atoms with Gasteiger partial charge in [0, 0.05) is 13.8 Å². The molecule has 1 rings (SSSR count). The first-order valence-electron chi connectivity index (χ1n) is 7.13. The Labute approximate surface area is 144 Å². The van der Waals surface area contributed by atoms with Crippen LogP contribution in [-0.4, -0.2) is 43.9 Å². The van der Waals surface area contributed by atoms with Crippen molar-refractivity contribution in [2.45, 2.75) is 25.7 Å². The third-order valence-corrected chi connectivity index (χ3v) is 3.02. The molecule has 0 fully saturated rings. The Hall–Kier alpha value is -3.10. The van der Waals surface area contributed by atoms with Crippen LogP contribution in [0.5, 0.6) is 0 Å². The third-order valence-electron chi connectivity index (χ3n) is 3.02. The zero-order valence-corrected chi connectivity index (χ0v) is 14.2. The second kappa shape index (κ2) is 8.67. The van der Waals surface area contributed by atoms with Gasteiger partial charge in [-0.05, 0) is 5.56 Å². The zero-order valence-electron chi connectivity index (χ0n) is 14.2. The first-order valence-corrected chi connectivity index (χ1v) is 7.13. The molecule has 136 valence electrons. The fourth-order valence-corrected chi connectivity index (χ4v) is 2.10. The number of benzene rings is 1. The Morgan fingerprint density at radius 3 is 2.00 bits per heavy atom. The van der Waals surface area contributed by atoms with Crippen molar-refractivity contribution in [2.24, 2.45) is 0 Å². The Bertz CT molecular complexity index is 645. The van der Waals surface area contributed by atoms with Crippen LogP contribution in [0, 0.1) is 0 Å². The van der Waals surface area contributed by atoms with Crippen molar-refractivity contribution in [2.75, 3.05) is 14.2 Å². The highest BCUT2D eigenvalue weighted by molar-refractivity contribution is 5.88. The predicted molar refractivity (Wildman–Crippen MR) is 83.0 cm³/mol. The molecule has 0 heterocycles. The predicted octanol–water partition coefficient (Wildman–Crippen LogP) is 1.08. The van der Waals surface area contributed by atoms with Gasteiger partial charge < -0.3 is 18.9 Å². The summed E-state index contributed by atoms with van der Waals surface area (Å²) in [7, 11) is 2.07. The SMILES string of the molecule is COC(=O)NC(OC(C)=O)(C(=O)OC)C(OC(C)=O)c1ccccc1. The van der Waals surface area contributed by atoms with E-state index in [1.807, 2.05) is 0 Å². The summed E-state index contributed by atoms with van der Waals surface area (Å²) in [5.74, 6) is -2.86. The Morgan fingerprint density at radius 1 is 0.960 bits per heavy atom. The van der Waals surface area contributed by atoms with E-state index >= 15 is 0 Å². The number of amides is 1. The van der Waals surface area contributed by atoms with Crippen LogP contribution in [0.4, 0.5) is 4.79 Å². The first-order chi connectivity index (χ1) is 11.8. The van der Waals surface area contributed by atoms with Gasteiger partial charge in [0.2, 0.25) is 0 Å². The van der Waals surface area contributed by atoms with E-state index in [4.69, 9.17) is 9.47 Å². The van der Waals surface area contributed by atoms with Crippen LogP contribution < -0.4 is 5.32 Å². The number of methoxy groups -OCH3 is 2. The number of carbonyl (C=O) groups is 4. The lowest BCUT2D eigenvalue weighted by Gasteiger charge is -2.36. The van der Waals surface area contributed by atoms with Crippen molar-refractivity contribution in [3.05, 3.63) is 35.9 Å². The molecule has 0 bridgehead atoms. The van der Waals surface area contributed by atoms with E-state index < -0.39 is 35.8 Å². The largest absolute Gasteiger partial charge is 0.464 e. The fraction of sp³-hybridized carbons (Fsp3) is 0.375. The molecule has 2 unspecified atom stereocenters. The van der Waals surface area contributed by atoms with Gasteiger partial charge in [0.25, 0.3) is 0 Å². The van der Waals surface area contributed by atoms with Crippen LogP contribution in [0.3, 0.4) is 0 Å². The topological polar surface area (TPSA) is 117 Å².